The van der Waals surface area contributed by atoms with E-state index in [1.54, 1.807) is 62.6 Å². The first kappa shape index (κ1) is 15.6. The fourth-order valence-electron chi connectivity index (χ4n) is 1.78. The van der Waals surface area contributed by atoms with E-state index < -0.39 is 12.0 Å². The Hall–Kier alpha value is -2.82. The Morgan fingerprint density at radius 2 is 1.55 bits per heavy atom. The van der Waals surface area contributed by atoms with Crippen molar-refractivity contribution in [3.63, 3.8) is 0 Å². The summed E-state index contributed by atoms with van der Waals surface area (Å²) < 4.78 is 10.2. The molecule has 0 aromatic heterocycles. The van der Waals surface area contributed by atoms with Crippen molar-refractivity contribution in [1.82, 2.24) is 5.32 Å². The maximum absolute atomic E-state index is 12.0. The van der Waals surface area contributed by atoms with Crippen LogP contribution in [0.3, 0.4) is 0 Å². The number of hydrogen-bond donors (Lipinski definition) is 1. The second kappa shape index (κ2) is 7.26. The summed E-state index contributed by atoms with van der Waals surface area (Å²) in [6.07, 6.45) is 0. The van der Waals surface area contributed by atoms with Crippen LogP contribution in [-0.4, -0.2) is 25.0 Å². The van der Waals surface area contributed by atoms with Gasteiger partial charge in [-0.15, -0.1) is 0 Å². The van der Waals surface area contributed by atoms with E-state index in [4.69, 9.17) is 9.47 Å². The second-order valence-electron chi connectivity index (χ2n) is 4.66. The molecule has 2 rings (SSSR count). The van der Waals surface area contributed by atoms with Crippen molar-refractivity contribution in [1.29, 1.82) is 0 Å². The van der Waals surface area contributed by atoms with Crippen LogP contribution in [0, 0.1) is 0 Å². The third-order valence-electron chi connectivity index (χ3n) is 3.02. The lowest BCUT2D eigenvalue weighted by Gasteiger charge is -2.13. The zero-order valence-electron chi connectivity index (χ0n) is 12.4. The highest BCUT2D eigenvalue weighted by Gasteiger charge is 2.18. The third-order valence-corrected chi connectivity index (χ3v) is 3.02. The van der Waals surface area contributed by atoms with Gasteiger partial charge < -0.3 is 14.8 Å². The molecule has 1 atom stereocenters. The van der Waals surface area contributed by atoms with Crippen LogP contribution in [0.5, 0.6) is 11.5 Å². The van der Waals surface area contributed by atoms with E-state index in [1.165, 1.54) is 0 Å². The van der Waals surface area contributed by atoms with Crippen LogP contribution < -0.4 is 14.8 Å². The van der Waals surface area contributed by atoms with Crippen molar-refractivity contribution in [3.8, 4) is 11.5 Å². The minimum Gasteiger partial charge on any atom is -0.497 e. The van der Waals surface area contributed by atoms with Crippen molar-refractivity contribution in [3.05, 3.63) is 60.2 Å². The summed E-state index contributed by atoms with van der Waals surface area (Å²) in [6.45, 7) is 1.58. The molecule has 0 saturated heterocycles. The number of amides is 1. The number of benzene rings is 2. The van der Waals surface area contributed by atoms with Crippen molar-refractivity contribution in [2.24, 2.45) is 0 Å². The predicted molar refractivity (Wildman–Crippen MR) is 82.0 cm³/mol. The number of methoxy groups -OCH3 is 1. The van der Waals surface area contributed by atoms with Crippen molar-refractivity contribution in [2.75, 3.05) is 7.11 Å². The molecule has 1 unspecified atom stereocenters. The SMILES string of the molecule is COc1ccc(OC(=O)C(C)NC(=O)c2ccccc2)cc1. The van der Waals surface area contributed by atoms with Gasteiger partial charge in [-0.25, -0.2) is 4.79 Å². The molecule has 0 radical (unpaired) electrons. The number of carbonyl (C=O) groups excluding carboxylic acids is 2. The van der Waals surface area contributed by atoms with Crippen LogP contribution in [0.25, 0.3) is 0 Å². The topological polar surface area (TPSA) is 64.6 Å². The average molecular weight is 299 g/mol. The number of ether oxygens (including phenoxy) is 2. The lowest BCUT2D eigenvalue weighted by Crippen LogP contribution is -2.40. The molecule has 0 saturated carbocycles. The van der Waals surface area contributed by atoms with Gasteiger partial charge in [0.25, 0.3) is 5.91 Å². The smallest absolute Gasteiger partial charge is 0.333 e. The zero-order valence-corrected chi connectivity index (χ0v) is 12.4. The molecular formula is C17H17NO4. The largest absolute Gasteiger partial charge is 0.497 e. The monoisotopic (exact) mass is 299 g/mol. The Morgan fingerprint density at radius 3 is 2.14 bits per heavy atom. The molecule has 0 aliphatic heterocycles. The van der Waals surface area contributed by atoms with Crippen molar-refractivity contribution >= 4 is 11.9 Å². The second-order valence-corrected chi connectivity index (χ2v) is 4.66. The summed E-state index contributed by atoms with van der Waals surface area (Å²) >= 11 is 0. The Labute approximate surface area is 128 Å². The Morgan fingerprint density at radius 1 is 0.955 bits per heavy atom. The third kappa shape index (κ3) is 4.09. The van der Waals surface area contributed by atoms with E-state index in [-0.39, 0.29) is 5.91 Å². The van der Waals surface area contributed by atoms with E-state index in [0.717, 1.165) is 0 Å². The van der Waals surface area contributed by atoms with Gasteiger partial charge in [-0.2, -0.15) is 0 Å². The molecule has 0 spiro atoms. The van der Waals surface area contributed by atoms with Gasteiger partial charge in [0.15, 0.2) is 0 Å². The molecule has 114 valence electrons. The van der Waals surface area contributed by atoms with Gasteiger partial charge in [-0.3, -0.25) is 4.79 Å². The number of rotatable bonds is 5. The minimum absolute atomic E-state index is 0.320. The summed E-state index contributed by atoms with van der Waals surface area (Å²) in [4.78, 5) is 23.9. The van der Waals surface area contributed by atoms with Gasteiger partial charge in [0.05, 0.1) is 7.11 Å². The molecule has 2 aromatic carbocycles. The first-order valence-corrected chi connectivity index (χ1v) is 6.82. The lowest BCUT2D eigenvalue weighted by atomic mass is 10.2. The quantitative estimate of drug-likeness (QED) is 0.680. The fraction of sp³-hybridized carbons (Fsp3) is 0.176. The molecular weight excluding hydrogens is 282 g/mol. The average Bonchev–Trinajstić information content (AvgIpc) is 2.56. The molecule has 1 N–H and O–H groups in total. The zero-order chi connectivity index (χ0) is 15.9. The van der Waals surface area contributed by atoms with E-state index in [9.17, 15) is 9.59 Å². The van der Waals surface area contributed by atoms with Crippen LogP contribution in [0.15, 0.2) is 54.6 Å². The van der Waals surface area contributed by atoms with Gasteiger partial charge in [0.1, 0.15) is 17.5 Å². The molecule has 0 aliphatic carbocycles. The van der Waals surface area contributed by atoms with Crippen LogP contribution >= 0.6 is 0 Å². The molecule has 0 fully saturated rings. The highest BCUT2D eigenvalue weighted by molar-refractivity contribution is 5.96. The first-order valence-electron chi connectivity index (χ1n) is 6.82. The molecule has 0 aliphatic rings. The number of carbonyl (C=O) groups is 2. The summed E-state index contributed by atoms with van der Waals surface area (Å²) in [7, 11) is 1.56. The summed E-state index contributed by atoms with van der Waals surface area (Å²) in [5.74, 6) is 0.214. The molecule has 2 aromatic rings. The number of hydrogen-bond acceptors (Lipinski definition) is 4. The molecule has 5 nitrogen and oxygen atoms in total. The lowest BCUT2D eigenvalue weighted by molar-refractivity contribution is -0.136. The summed E-state index contributed by atoms with van der Waals surface area (Å²) in [5.41, 5.74) is 0.492. The van der Waals surface area contributed by atoms with Gasteiger partial charge in [0, 0.05) is 5.56 Å². The minimum atomic E-state index is -0.755. The molecule has 1 amide bonds. The standard InChI is InChI=1S/C17H17NO4/c1-12(18-16(19)13-6-4-3-5-7-13)17(20)22-15-10-8-14(21-2)9-11-15/h3-12H,1-2H3,(H,18,19). The maximum atomic E-state index is 12.0. The molecule has 5 heteroatoms. The number of nitrogens with one attached hydrogen (secondary N) is 1. The molecule has 0 heterocycles. The van der Waals surface area contributed by atoms with Crippen molar-refractivity contribution < 1.29 is 19.1 Å². The summed E-state index contributed by atoms with van der Waals surface area (Å²) in [6, 6.07) is 14.6. The van der Waals surface area contributed by atoms with Crippen LogP contribution in [0.1, 0.15) is 17.3 Å². The van der Waals surface area contributed by atoms with Crippen LogP contribution in [0.2, 0.25) is 0 Å². The summed E-state index contributed by atoms with van der Waals surface area (Å²) in [5, 5.41) is 2.60. The first-order chi connectivity index (χ1) is 10.6. The highest BCUT2D eigenvalue weighted by atomic mass is 16.5. The van der Waals surface area contributed by atoms with E-state index in [0.29, 0.717) is 17.1 Å². The van der Waals surface area contributed by atoms with Crippen molar-refractivity contribution in [2.45, 2.75) is 13.0 Å². The van der Waals surface area contributed by atoms with Crippen LogP contribution in [-0.2, 0) is 4.79 Å². The normalized spacial score (nSPS) is 11.4. The van der Waals surface area contributed by atoms with Gasteiger partial charge in [-0.05, 0) is 43.3 Å². The van der Waals surface area contributed by atoms with Gasteiger partial charge in [0.2, 0.25) is 0 Å². The highest BCUT2D eigenvalue weighted by Crippen LogP contribution is 2.17. The van der Waals surface area contributed by atoms with E-state index >= 15 is 0 Å². The fourth-order valence-corrected chi connectivity index (χ4v) is 1.78. The van der Waals surface area contributed by atoms with Gasteiger partial charge >= 0.3 is 5.97 Å². The number of esters is 1. The Kier molecular flexibility index (Phi) is 5.14. The Balaban J connectivity index is 1.92. The maximum Gasteiger partial charge on any atom is 0.333 e. The Bertz CT molecular complexity index is 637. The molecule has 22 heavy (non-hydrogen) atoms. The molecule has 0 bridgehead atoms. The van der Waals surface area contributed by atoms with E-state index in [2.05, 4.69) is 5.32 Å². The van der Waals surface area contributed by atoms with E-state index in [1.807, 2.05) is 6.07 Å². The predicted octanol–water partition coefficient (Wildman–Crippen LogP) is 2.42. The van der Waals surface area contributed by atoms with Gasteiger partial charge in [-0.1, -0.05) is 18.2 Å². The van der Waals surface area contributed by atoms with Crippen LogP contribution in [0.4, 0.5) is 0 Å².